The van der Waals surface area contributed by atoms with Crippen molar-refractivity contribution in [3.8, 4) is 0 Å². The summed E-state index contributed by atoms with van der Waals surface area (Å²) in [5.74, 6) is 0.953. The third kappa shape index (κ3) is 3.25. The molecule has 0 aliphatic rings. The van der Waals surface area contributed by atoms with Gasteiger partial charge in [0.15, 0.2) is 0 Å². The molecule has 0 radical (unpaired) electrons. The molecule has 0 aliphatic carbocycles. The van der Waals surface area contributed by atoms with Crippen LogP contribution in [0.3, 0.4) is 0 Å². The third-order valence-corrected chi connectivity index (χ3v) is 3.37. The smallest absolute Gasteiger partial charge is 0.253 e. The van der Waals surface area contributed by atoms with Crippen LogP contribution in [0.5, 0.6) is 0 Å². The van der Waals surface area contributed by atoms with E-state index >= 15 is 0 Å². The predicted molar refractivity (Wildman–Crippen MR) is 75.3 cm³/mol. The summed E-state index contributed by atoms with van der Waals surface area (Å²) in [5, 5.41) is 0. The monoisotopic (exact) mass is 257 g/mol. The minimum Gasteiger partial charge on any atom is -0.469 e. The standard InChI is InChI=1S/C16H19NO2/c1-12-6-7-14(11-13(12)2)16(18)17(3)9-8-15-5-4-10-19-15/h4-7,10-11H,8-9H2,1-3H3. The summed E-state index contributed by atoms with van der Waals surface area (Å²) in [6, 6.07) is 9.60. The van der Waals surface area contributed by atoms with Crippen LogP contribution < -0.4 is 0 Å². The van der Waals surface area contributed by atoms with Gasteiger partial charge in [-0.25, -0.2) is 0 Å². The molecule has 0 spiro atoms. The van der Waals surface area contributed by atoms with Crippen LogP contribution in [-0.2, 0) is 6.42 Å². The van der Waals surface area contributed by atoms with E-state index in [4.69, 9.17) is 4.42 Å². The quantitative estimate of drug-likeness (QED) is 0.842. The Kier molecular flexibility index (Phi) is 4.05. The Balaban J connectivity index is 2.00. The molecule has 2 rings (SSSR count). The molecule has 3 heteroatoms. The Morgan fingerprint density at radius 1 is 1.21 bits per heavy atom. The molecular weight excluding hydrogens is 238 g/mol. The van der Waals surface area contributed by atoms with Crippen molar-refractivity contribution in [3.05, 3.63) is 59.0 Å². The first-order valence-corrected chi connectivity index (χ1v) is 6.43. The van der Waals surface area contributed by atoms with Crippen molar-refractivity contribution >= 4 is 5.91 Å². The fourth-order valence-corrected chi connectivity index (χ4v) is 1.93. The fourth-order valence-electron chi connectivity index (χ4n) is 1.93. The van der Waals surface area contributed by atoms with Gasteiger partial charge < -0.3 is 9.32 Å². The first-order chi connectivity index (χ1) is 9.08. The lowest BCUT2D eigenvalue weighted by Gasteiger charge is -2.17. The number of hydrogen-bond acceptors (Lipinski definition) is 2. The van der Waals surface area contributed by atoms with Gasteiger partial charge in [0.25, 0.3) is 5.91 Å². The average Bonchev–Trinajstić information content (AvgIpc) is 2.91. The molecule has 0 bridgehead atoms. The first-order valence-electron chi connectivity index (χ1n) is 6.43. The van der Waals surface area contributed by atoms with E-state index in [0.717, 1.165) is 23.3 Å². The number of rotatable bonds is 4. The van der Waals surface area contributed by atoms with Gasteiger partial charge in [0, 0.05) is 25.6 Å². The van der Waals surface area contributed by atoms with Crippen LogP contribution in [0.2, 0.25) is 0 Å². The SMILES string of the molecule is Cc1ccc(C(=O)N(C)CCc2ccco2)cc1C. The Labute approximate surface area is 113 Å². The summed E-state index contributed by atoms with van der Waals surface area (Å²) in [4.78, 5) is 14.0. The lowest BCUT2D eigenvalue weighted by Crippen LogP contribution is -2.28. The number of aryl methyl sites for hydroxylation is 2. The summed E-state index contributed by atoms with van der Waals surface area (Å²) in [5.41, 5.74) is 3.09. The van der Waals surface area contributed by atoms with Crippen molar-refractivity contribution in [2.75, 3.05) is 13.6 Å². The molecule has 3 nitrogen and oxygen atoms in total. The van der Waals surface area contributed by atoms with Crippen LogP contribution in [0, 0.1) is 13.8 Å². The van der Waals surface area contributed by atoms with Gasteiger partial charge in [0.2, 0.25) is 0 Å². The molecule has 0 fully saturated rings. The van der Waals surface area contributed by atoms with Crippen molar-refractivity contribution in [1.29, 1.82) is 0 Å². The molecular formula is C16H19NO2. The number of furan rings is 1. The molecule has 1 amide bonds. The second-order valence-electron chi connectivity index (χ2n) is 4.86. The summed E-state index contributed by atoms with van der Waals surface area (Å²) >= 11 is 0. The van der Waals surface area contributed by atoms with Crippen LogP contribution in [-0.4, -0.2) is 24.4 Å². The van der Waals surface area contributed by atoms with Crippen molar-refractivity contribution in [1.82, 2.24) is 4.90 Å². The number of benzene rings is 1. The number of likely N-dealkylation sites (N-methyl/N-ethyl adjacent to an activating group) is 1. The van der Waals surface area contributed by atoms with Crippen LogP contribution in [0.15, 0.2) is 41.0 Å². The summed E-state index contributed by atoms with van der Waals surface area (Å²) in [6.45, 7) is 4.72. The molecule has 2 aromatic rings. The second kappa shape index (κ2) is 5.74. The zero-order valence-electron chi connectivity index (χ0n) is 11.6. The maximum Gasteiger partial charge on any atom is 0.253 e. The molecule has 0 saturated heterocycles. The molecule has 0 atom stereocenters. The zero-order valence-corrected chi connectivity index (χ0v) is 11.6. The molecule has 1 aromatic carbocycles. The summed E-state index contributed by atoms with van der Waals surface area (Å²) in [7, 11) is 1.82. The predicted octanol–water partition coefficient (Wildman–Crippen LogP) is 3.21. The molecule has 100 valence electrons. The molecule has 1 aromatic heterocycles. The normalized spacial score (nSPS) is 10.5. The van der Waals surface area contributed by atoms with Gasteiger partial charge in [-0.1, -0.05) is 6.07 Å². The van der Waals surface area contributed by atoms with Gasteiger partial charge in [0.1, 0.15) is 5.76 Å². The maximum atomic E-state index is 12.3. The van der Waals surface area contributed by atoms with Gasteiger partial charge in [-0.2, -0.15) is 0 Å². The minimum absolute atomic E-state index is 0.0506. The lowest BCUT2D eigenvalue weighted by atomic mass is 10.1. The Morgan fingerprint density at radius 3 is 2.63 bits per heavy atom. The topological polar surface area (TPSA) is 33.5 Å². The van der Waals surface area contributed by atoms with Crippen molar-refractivity contribution in [3.63, 3.8) is 0 Å². The Hall–Kier alpha value is -2.03. The van der Waals surface area contributed by atoms with Gasteiger partial charge in [-0.3, -0.25) is 4.79 Å². The van der Waals surface area contributed by atoms with E-state index in [2.05, 4.69) is 0 Å². The second-order valence-corrected chi connectivity index (χ2v) is 4.86. The van der Waals surface area contributed by atoms with Crippen LogP contribution in [0.4, 0.5) is 0 Å². The molecule has 1 heterocycles. The van der Waals surface area contributed by atoms with E-state index in [0.29, 0.717) is 6.54 Å². The molecule has 0 aliphatic heterocycles. The minimum atomic E-state index is 0.0506. The van der Waals surface area contributed by atoms with Gasteiger partial charge in [-0.05, 0) is 49.2 Å². The third-order valence-electron chi connectivity index (χ3n) is 3.37. The number of nitrogens with zero attached hydrogens (tertiary/aromatic N) is 1. The molecule has 0 unspecified atom stereocenters. The summed E-state index contributed by atoms with van der Waals surface area (Å²) in [6.07, 6.45) is 2.39. The maximum absolute atomic E-state index is 12.3. The van der Waals surface area contributed by atoms with E-state index in [1.165, 1.54) is 5.56 Å². The summed E-state index contributed by atoms with van der Waals surface area (Å²) < 4.78 is 5.27. The lowest BCUT2D eigenvalue weighted by molar-refractivity contribution is 0.0795. The highest BCUT2D eigenvalue weighted by molar-refractivity contribution is 5.94. The first kappa shape index (κ1) is 13.4. The van der Waals surface area contributed by atoms with Crippen molar-refractivity contribution < 1.29 is 9.21 Å². The average molecular weight is 257 g/mol. The van der Waals surface area contributed by atoms with Crippen LogP contribution >= 0.6 is 0 Å². The highest BCUT2D eigenvalue weighted by Gasteiger charge is 2.12. The van der Waals surface area contributed by atoms with Crippen LogP contribution in [0.1, 0.15) is 27.2 Å². The van der Waals surface area contributed by atoms with E-state index in [1.807, 2.05) is 51.2 Å². The number of amides is 1. The molecule has 0 saturated carbocycles. The Morgan fingerprint density at radius 2 is 2.00 bits per heavy atom. The van der Waals surface area contributed by atoms with E-state index in [1.54, 1.807) is 11.2 Å². The Bertz CT molecular complexity index is 558. The van der Waals surface area contributed by atoms with E-state index in [9.17, 15) is 4.79 Å². The molecule has 0 N–H and O–H groups in total. The fraction of sp³-hybridized carbons (Fsp3) is 0.312. The van der Waals surface area contributed by atoms with E-state index < -0.39 is 0 Å². The number of carbonyl (C=O) groups excluding carboxylic acids is 1. The number of carbonyl (C=O) groups is 1. The van der Waals surface area contributed by atoms with Crippen molar-refractivity contribution in [2.24, 2.45) is 0 Å². The largest absolute Gasteiger partial charge is 0.469 e. The van der Waals surface area contributed by atoms with Gasteiger partial charge >= 0.3 is 0 Å². The van der Waals surface area contributed by atoms with E-state index in [-0.39, 0.29) is 5.91 Å². The van der Waals surface area contributed by atoms with Gasteiger partial charge in [-0.15, -0.1) is 0 Å². The number of hydrogen-bond donors (Lipinski definition) is 0. The highest BCUT2D eigenvalue weighted by atomic mass is 16.3. The molecule has 19 heavy (non-hydrogen) atoms. The van der Waals surface area contributed by atoms with Crippen molar-refractivity contribution in [2.45, 2.75) is 20.3 Å². The zero-order chi connectivity index (χ0) is 13.8. The highest BCUT2D eigenvalue weighted by Crippen LogP contribution is 2.12. The van der Waals surface area contributed by atoms with Gasteiger partial charge in [0.05, 0.1) is 6.26 Å². The van der Waals surface area contributed by atoms with Crippen LogP contribution in [0.25, 0.3) is 0 Å².